The minimum Gasteiger partial charge on any atom is -0.507 e. The number of aliphatic hydroxyl groups excluding tert-OH is 1. The number of allylic oxidation sites excluding steroid dienone is 2. The Morgan fingerprint density at radius 3 is 2.86 bits per heavy atom. The molecule has 0 saturated carbocycles. The van der Waals surface area contributed by atoms with Crippen molar-refractivity contribution in [3.05, 3.63) is 41.5 Å². The minimum absolute atomic E-state index is 0.105. The van der Waals surface area contributed by atoms with Gasteiger partial charge in [0.2, 0.25) is 0 Å². The standard InChI is InChI=1S/C17H20O5/c1-10-5-2-3-6-11-7-4-8-12(18)15(11)17(20)22-14-9-13(10)21-16(14)19/h2-4,7-8,10,13-14,16,18-19H,5-6,9H2,1H3/b3-2+/t10-,13+,14+,16-/m1/s1. The predicted octanol–water partition coefficient (Wildman–Crippen LogP) is 2.16. The summed E-state index contributed by atoms with van der Waals surface area (Å²) in [6.07, 6.45) is 3.91. The number of hydrogen-bond donors (Lipinski definition) is 2. The molecule has 2 bridgehead atoms. The van der Waals surface area contributed by atoms with E-state index < -0.39 is 18.4 Å². The maximum absolute atomic E-state index is 12.4. The molecule has 3 rings (SSSR count). The Labute approximate surface area is 129 Å². The number of ether oxygens (including phenoxy) is 2. The molecule has 1 fully saturated rings. The second kappa shape index (κ2) is 6.10. The first kappa shape index (κ1) is 15.1. The molecule has 1 aromatic rings. The van der Waals surface area contributed by atoms with Crippen LogP contribution in [0.3, 0.4) is 0 Å². The van der Waals surface area contributed by atoms with E-state index in [-0.39, 0.29) is 23.3 Å². The van der Waals surface area contributed by atoms with Gasteiger partial charge in [-0.2, -0.15) is 0 Å². The van der Waals surface area contributed by atoms with Crippen molar-refractivity contribution in [3.63, 3.8) is 0 Å². The highest BCUT2D eigenvalue weighted by molar-refractivity contribution is 5.94. The van der Waals surface area contributed by atoms with Crippen molar-refractivity contribution in [2.75, 3.05) is 0 Å². The third-order valence-corrected chi connectivity index (χ3v) is 4.34. The van der Waals surface area contributed by atoms with Gasteiger partial charge in [0.15, 0.2) is 12.4 Å². The molecular weight excluding hydrogens is 284 g/mol. The molecule has 2 heterocycles. The van der Waals surface area contributed by atoms with Crippen LogP contribution in [0, 0.1) is 5.92 Å². The average Bonchev–Trinajstić information content (AvgIpc) is 2.83. The van der Waals surface area contributed by atoms with Crippen molar-refractivity contribution in [1.82, 2.24) is 0 Å². The van der Waals surface area contributed by atoms with Crippen LogP contribution in [0.1, 0.15) is 35.7 Å². The van der Waals surface area contributed by atoms with E-state index in [0.29, 0.717) is 18.4 Å². The molecule has 0 aliphatic carbocycles. The number of carbonyl (C=O) groups excluding carboxylic acids is 1. The number of fused-ring (bicyclic) bond motifs is 3. The van der Waals surface area contributed by atoms with Gasteiger partial charge in [-0.1, -0.05) is 31.2 Å². The van der Waals surface area contributed by atoms with Crippen LogP contribution in [-0.2, 0) is 15.9 Å². The van der Waals surface area contributed by atoms with Gasteiger partial charge in [-0.05, 0) is 30.4 Å². The third kappa shape index (κ3) is 2.87. The molecule has 0 unspecified atom stereocenters. The van der Waals surface area contributed by atoms with Gasteiger partial charge in [0.1, 0.15) is 11.3 Å². The van der Waals surface area contributed by atoms with Crippen molar-refractivity contribution in [3.8, 4) is 5.75 Å². The number of phenolic OH excluding ortho intramolecular Hbond substituents is 1. The summed E-state index contributed by atoms with van der Waals surface area (Å²) in [6, 6.07) is 4.95. The molecule has 1 saturated heterocycles. The van der Waals surface area contributed by atoms with Gasteiger partial charge in [-0.15, -0.1) is 0 Å². The monoisotopic (exact) mass is 304 g/mol. The zero-order valence-electron chi connectivity index (χ0n) is 12.4. The Morgan fingerprint density at radius 2 is 2.05 bits per heavy atom. The van der Waals surface area contributed by atoms with Crippen LogP contribution in [0.2, 0.25) is 0 Å². The van der Waals surface area contributed by atoms with Crippen LogP contribution in [0.5, 0.6) is 5.75 Å². The fourth-order valence-corrected chi connectivity index (χ4v) is 3.00. The Hall–Kier alpha value is -1.85. The number of rotatable bonds is 0. The summed E-state index contributed by atoms with van der Waals surface area (Å²) in [7, 11) is 0. The van der Waals surface area contributed by atoms with E-state index >= 15 is 0 Å². The number of carbonyl (C=O) groups is 1. The van der Waals surface area contributed by atoms with E-state index in [9.17, 15) is 15.0 Å². The van der Waals surface area contributed by atoms with Gasteiger partial charge in [-0.3, -0.25) is 0 Å². The van der Waals surface area contributed by atoms with Crippen LogP contribution in [0.4, 0.5) is 0 Å². The second-order valence-electron chi connectivity index (χ2n) is 5.94. The Morgan fingerprint density at radius 1 is 1.23 bits per heavy atom. The molecular formula is C17H20O5. The molecule has 2 aliphatic rings. The fourth-order valence-electron chi connectivity index (χ4n) is 3.00. The van der Waals surface area contributed by atoms with E-state index in [1.54, 1.807) is 12.1 Å². The normalized spacial score (nSPS) is 33.3. The first-order valence-electron chi connectivity index (χ1n) is 7.56. The first-order chi connectivity index (χ1) is 10.6. The average molecular weight is 304 g/mol. The Kier molecular flexibility index (Phi) is 4.18. The van der Waals surface area contributed by atoms with Crippen LogP contribution in [-0.4, -0.2) is 34.7 Å². The molecule has 0 amide bonds. The fraction of sp³-hybridized carbons (Fsp3) is 0.471. The maximum atomic E-state index is 12.4. The van der Waals surface area contributed by atoms with Crippen molar-refractivity contribution >= 4 is 5.97 Å². The molecule has 0 aromatic heterocycles. The predicted molar refractivity (Wildman–Crippen MR) is 79.4 cm³/mol. The number of aliphatic hydroxyl groups is 1. The lowest BCUT2D eigenvalue weighted by Crippen LogP contribution is -2.27. The third-order valence-electron chi connectivity index (χ3n) is 4.34. The van der Waals surface area contributed by atoms with Gasteiger partial charge in [0.25, 0.3) is 0 Å². The highest BCUT2D eigenvalue weighted by atomic mass is 16.7. The van der Waals surface area contributed by atoms with Gasteiger partial charge >= 0.3 is 5.97 Å². The van der Waals surface area contributed by atoms with Crippen LogP contribution < -0.4 is 0 Å². The molecule has 5 nitrogen and oxygen atoms in total. The molecule has 4 atom stereocenters. The summed E-state index contributed by atoms with van der Waals surface area (Å²) in [5.41, 5.74) is 0.871. The van der Waals surface area contributed by atoms with E-state index in [1.807, 2.05) is 6.08 Å². The van der Waals surface area contributed by atoms with Crippen molar-refractivity contribution in [1.29, 1.82) is 0 Å². The molecule has 118 valence electrons. The van der Waals surface area contributed by atoms with Crippen molar-refractivity contribution < 1.29 is 24.5 Å². The van der Waals surface area contributed by atoms with Gasteiger partial charge in [0.05, 0.1) is 6.10 Å². The second-order valence-corrected chi connectivity index (χ2v) is 5.94. The summed E-state index contributed by atoms with van der Waals surface area (Å²) >= 11 is 0. The maximum Gasteiger partial charge on any atom is 0.342 e. The largest absolute Gasteiger partial charge is 0.507 e. The first-order valence-corrected chi connectivity index (χ1v) is 7.56. The molecule has 1 aromatic carbocycles. The van der Waals surface area contributed by atoms with E-state index in [2.05, 4.69) is 13.0 Å². The zero-order chi connectivity index (χ0) is 15.7. The lowest BCUT2D eigenvalue weighted by molar-refractivity contribution is -0.136. The highest BCUT2D eigenvalue weighted by Crippen LogP contribution is 2.31. The summed E-state index contributed by atoms with van der Waals surface area (Å²) in [4.78, 5) is 12.4. The molecule has 22 heavy (non-hydrogen) atoms. The van der Waals surface area contributed by atoms with Crippen LogP contribution in [0.15, 0.2) is 30.4 Å². The lowest BCUT2D eigenvalue weighted by atomic mass is 9.96. The molecule has 5 heteroatoms. The SMILES string of the molecule is C[C@@H]1C/C=C/Cc2cccc(O)c2C(=O)O[C@H]2C[C@@H]1O[C@H]2O. The van der Waals surface area contributed by atoms with E-state index in [1.165, 1.54) is 6.07 Å². The van der Waals surface area contributed by atoms with Crippen LogP contribution in [0.25, 0.3) is 0 Å². The van der Waals surface area contributed by atoms with Crippen molar-refractivity contribution in [2.45, 2.75) is 44.7 Å². The lowest BCUT2D eigenvalue weighted by Gasteiger charge is -2.17. The Bertz CT molecular complexity index is 595. The number of esters is 1. The topological polar surface area (TPSA) is 76.0 Å². The van der Waals surface area contributed by atoms with E-state index in [0.717, 1.165) is 6.42 Å². The van der Waals surface area contributed by atoms with Crippen molar-refractivity contribution in [2.24, 2.45) is 5.92 Å². The summed E-state index contributed by atoms with van der Waals surface area (Å²) in [5, 5.41) is 19.9. The van der Waals surface area contributed by atoms with Crippen LogP contribution >= 0.6 is 0 Å². The van der Waals surface area contributed by atoms with Gasteiger partial charge < -0.3 is 19.7 Å². The molecule has 0 spiro atoms. The molecule has 0 radical (unpaired) electrons. The van der Waals surface area contributed by atoms with Gasteiger partial charge in [0, 0.05) is 6.42 Å². The summed E-state index contributed by atoms with van der Waals surface area (Å²) in [5.74, 6) is -0.494. The summed E-state index contributed by atoms with van der Waals surface area (Å²) < 4.78 is 10.9. The zero-order valence-corrected chi connectivity index (χ0v) is 12.4. The summed E-state index contributed by atoms with van der Waals surface area (Å²) in [6.45, 7) is 2.05. The van der Waals surface area contributed by atoms with Gasteiger partial charge in [-0.25, -0.2) is 4.79 Å². The number of phenols is 1. The quantitative estimate of drug-likeness (QED) is 0.567. The molecule has 2 aliphatic heterocycles. The molecule has 2 N–H and O–H groups in total. The number of aromatic hydroxyl groups is 1. The smallest absolute Gasteiger partial charge is 0.342 e. The Balaban J connectivity index is 1.96. The van der Waals surface area contributed by atoms with E-state index in [4.69, 9.17) is 9.47 Å². The number of hydrogen-bond acceptors (Lipinski definition) is 5. The number of benzene rings is 1. The highest BCUT2D eigenvalue weighted by Gasteiger charge is 2.39. The minimum atomic E-state index is -1.12.